The lowest BCUT2D eigenvalue weighted by Gasteiger charge is -2.13. The van der Waals surface area contributed by atoms with Gasteiger partial charge >= 0.3 is 5.51 Å². The van der Waals surface area contributed by atoms with E-state index in [-0.39, 0.29) is 23.6 Å². The number of thioether (sulfide) groups is 1. The van der Waals surface area contributed by atoms with E-state index < -0.39 is 5.51 Å². The van der Waals surface area contributed by atoms with Crippen LogP contribution in [0.25, 0.3) is 0 Å². The number of nitrogens with zero attached hydrogens (tertiary/aromatic N) is 1. The van der Waals surface area contributed by atoms with Gasteiger partial charge < -0.3 is 10.3 Å². The smallest absolute Gasteiger partial charge is 0.351 e. The maximum absolute atomic E-state index is 12.0. The minimum atomic E-state index is -4.15. The summed E-state index contributed by atoms with van der Waals surface area (Å²) in [5.74, 6) is 0.0343. The molecule has 0 saturated carbocycles. The maximum atomic E-state index is 12.0. The summed E-state index contributed by atoms with van der Waals surface area (Å²) in [7, 11) is 0. The van der Waals surface area contributed by atoms with Gasteiger partial charge in [0.2, 0.25) is 0 Å². The highest BCUT2D eigenvalue weighted by atomic mass is 32.2. The molecule has 0 radical (unpaired) electrons. The number of nitrogens with two attached hydrogens (primary N) is 1. The predicted octanol–water partition coefficient (Wildman–Crippen LogP) is 3.02. The first-order valence-corrected chi connectivity index (χ1v) is 6.51. The van der Waals surface area contributed by atoms with Crippen molar-refractivity contribution in [1.82, 2.24) is 4.57 Å². The summed E-state index contributed by atoms with van der Waals surface area (Å²) >= 11 is 0.0131. The molecule has 17 heavy (non-hydrogen) atoms. The van der Waals surface area contributed by atoms with Crippen molar-refractivity contribution < 1.29 is 13.2 Å². The lowest BCUT2D eigenvalue weighted by molar-refractivity contribution is -0.0328. The quantitative estimate of drug-likeness (QED) is 0.858. The second kappa shape index (κ2) is 6.35. The lowest BCUT2D eigenvalue weighted by atomic mass is 10.1. The highest BCUT2D eigenvalue weighted by Gasteiger charge is 2.27. The second-order valence-electron chi connectivity index (χ2n) is 3.86. The van der Waals surface area contributed by atoms with Gasteiger partial charge in [0.25, 0.3) is 0 Å². The third kappa shape index (κ3) is 5.50. The second-order valence-corrected chi connectivity index (χ2v) is 5.02. The van der Waals surface area contributed by atoms with Crippen molar-refractivity contribution in [3.05, 3.63) is 24.0 Å². The predicted molar refractivity (Wildman–Crippen MR) is 64.9 cm³/mol. The topological polar surface area (TPSA) is 30.9 Å². The van der Waals surface area contributed by atoms with Crippen LogP contribution in [0.1, 0.15) is 19.0 Å². The molecule has 1 atom stereocenters. The fraction of sp³-hybridized carbons (Fsp3) is 0.636. The van der Waals surface area contributed by atoms with Crippen molar-refractivity contribution in [2.24, 2.45) is 5.73 Å². The first-order valence-electron chi connectivity index (χ1n) is 5.52. The standard InChI is InChI=1S/C11H17F3N2S/c1-2-9(15)8-10-4-3-5-16(10)6-7-17-11(12,13)14/h3-5,9H,2,6-8,15H2,1H3. The number of aromatic nitrogens is 1. The highest BCUT2D eigenvalue weighted by Crippen LogP contribution is 2.30. The molecule has 0 aliphatic heterocycles. The molecular weight excluding hydrogens is 249 g/mol. The van der Waals surface area contributed by atoms with E-state index in [0.29, 0.717) is 13.0 Å². The van der Waals surface area contributed by atoms with Gasteiger partial charge in [-0.15, -0.1) is 0 Å². The van der Waals surface area contributed by atoms with Gasteiger partial charge in [0.1, 0.15) is 0 Å². The van der Waals surface area contributed by atoms with Crippen LogP contribution in [0.15, 0.2) is 18.3 Å². The Hall–Kier alpha value is -0.620. The van der Waals surface area contributed by atoms with E-state index in [1.54, 1.807) is 6.20 Å². The van der Waals surface area contributed by atoms with E-state index in [9.17, 15) is 13.2 Å². The molecule has 2 N–H and O–H groups in total. The number of hydrogen-bond donors (Lipinski definition) is 1. The summed E-state index contributed by atoms with van der Waals surface area (Å²) in [5.41, 5.74) is 2.69. The summed E-state index contributed by atoms with van der Waals surface area (Å²) in [6.45, 7) is 2.36. The average Bonchev–Trinajstić information content (AvgIpc) is 2.64. The molecule has 0 amide bonds. The molecule has 1 aromatic rings. The Labute approximate surface area is 103 Å². The SMILES string of the molecule is CCC(N)Cc1cccn1CCSC(F)(F)F. The maximum Gasteiger partial charge on any atom is 0.441 e. The van der Waals surface area contributed by atoms with E-state index in [2.05, 4.69) is 0 Å². The Balaban J connectivity index is 2.46. The Bertz CT molecular complexity index is 336. The van der Waals surface area contributed by atoms with Crippen LogP contribution in [0.3, 0.4) is 0 Å². The van der Waals surface area contributed by atoms with Crippen LogP contribution in [-0.4, -0.2) is 21.9 Å². The largest absolute Gasteiger partial charge is 0.441 e. The molecule has 0 saturated heterocycles. The van der Waals surface area contributed by atoms with E-state index in [1.165, 1.54) is 0 Å². The molecule has 0 spiro atoms. The molecule has 1 rings (SSSR count). The van der Waals surface area contributed by atoms with E-state index in [0.717, 1.165) is 12.1 Å². The summed E-state index contributed by atoms with van der Waals surface area (Å²) < 4.78 is 37.8. The van der Waals surface area contributed by atoms with Crippen LogP contribution < -0.4 is 5.73 Å². The van der Waals surface area contributed by atoms with Gasteiger partial charge in [0, 0.05) is 36.7 Å². The van der Waals surface area contributed by atoms with E-state index in [4.69, 9.17) is 5.73 Å². The van der Waals surface area contributed by atoms with Gasteiger partial charge in [-0.2, -0.15) is 13.2 Å². The molecule has 1 heterocycles. The van der Waals surface area contributed by atoms with Crippen molar-refractivity contribution in [3.8, 4) is 0 Å². The lowest BCUT2D eigenvalue weighted by Crippen LogP contribution is -2.23. The average molecular weight is 266 g/mol. The third-order valence-electron chi connectivity index (χ3n) is 2.52. The van der Waals surface area contributed by atoms with Gasteiger partial charge in [-0.25, -0.2) is 0 Å². The molecule has 1 unspecified atom stereocenters. The summed E-state index contributed by atoms with van der Waals surface area (Å²) in [5, 5.41) is 0. The first-order chi connectivity index (χ1) is 7.92. The van der Waals surface area contributed by atoms with Crippen molar-refractivity contribution in [3.63, 3.8) is 0 Å². The Morgan fingerprint density at radius 3 is 2.76 bits per heavy atom. The molecule has 0 aliphatic carbocycles. The summed E-state index contributed by atoms with van der Waals surface area (Å²) in [4.78, 5) is 0. The zero-order chi connectivity index (χ0) is 12.9. The molecule has 2 nitrogen and oxygen atoms in total. The van der Waals surface area contributed by atoms with Gasteiger partial charge in [0.15, 0.2) is 0 Å². The molecule has 1 aromatic heterocycles. The molecule has 98 valence electrons. The molecule has 0 bridgehead atoms. The Kier molecular flexibility index (Phi) is 5.39. The van der Waals surface area contributed by atoms with Crippen LogP contribution in [-0.2, 0) is 13.0 Å². The van der Waals surface area contributed by atoms with Gasteiger partial charge in [-0.05, 0) is 30.3 Å². The van der Waals surface area contributed by atoms with Crippen molar-refractivity contribution >= 4 is 11.8 Å². The van der Waals surface area contributed by atoms with Crippen molar-refractivity contribution in [2.45, 2.75) is 37.9 Å². The first kappa shape index (κ1) is 14.4. The van der Waals surface area contributed by atoms with Crippen LogP contribution in [0.2, 0.25) is 0 Å². The zero-order valence-electron chi connectivity index (χ0n) is 9.70. The normalized spacial score (nSPS) is 13.9. The number of rotatable bonds is 6. The molecule has 0 aromatic carbocycles. The van der Waals surface area contributed by atoms with Gasteiger partial charge in [0.05, 0.1) is 0 Å². The molecule has 6 heteroatoms. The number of halogens is 3. The number of hydrogen-bond acceptors (Lipinski definition) is 2. The fourth-order valence-corrected chi connectivity index (χ4v) is 2.05. The van der Waals surface area contributed by atoms with Crippen LogP contribution in [0.4, 0.5) is 13.2 Å². The molecular formula is C11H17F3N2S. The molecule has 0 aliphatic rings. The zero-order valence-corrected chi connectivity index (χ0v) is 10.5. The summed E-state index contributed by atoms with van der Waals surface area (Å²) in [6.07, 6.45) is 3.37. The number of aryl methyl sites for hydroxylation is 1. The fourth-order valence-electron chi connectivity index (χ4n) is 1.53. The van der Waals surface area contributed by atoms with Gasteiger partial charge in [-0.1, -0.05) is 6.92 Å². The third-order valence-corrected chi connectivity index (χ3v) is 3.23. The Morgan fingerprint density at radius 1 is 1.47 bits per heavy atom. The minimum absolute atomic E-state index is 0.0131. The van der Waals surface area contributed by atoms with Crippen molar-refractivity contribution in [1.29, 1.82) is 0 Å². The van der Waals surface area contributed by atoms with E-state index in [1.807, 2.05) is 23.6 Å². The van der Waals surface area contributed by atoms with Gasteiger partial charge in [-0.3, -0.25) is 0 Å². The van der Waals surface area contributed by atoms with Crippen LogP contribution in [0, 0.1) is 0 Å². The minimum Gasteiger partial charge on any atom is -0.351 e. The highest BCUT2D eigenvalue weighted by molar-refractivity contribution is 8.00. The van der Waals surface area contributed by atoms with Crippen LogP contribution in [0.5, 0.6) is 0 Å². The van der Waals surface area contributed by atoms with E-state index >= 15 is 0 Å². The summed E-state index contributed by atoms with van der Waals surface area (Å²) in [6, 6.07) is 3.82. The Morgan fingerprint density at radius 2 is 2.18 bits per heavy atom. The number of alkyl halides is 3. The molecule has 0 fully saturated rings. The van der Waals surface area contributed by atoms with Crippen molar-refractivity contribution in [2.75, 3.05) is 5.75 Å². The van der Waals surface area contributed by atoms with Crippen LogP contribution >= 0.6 is 11.8 Å². The monoisotopic (exact) mass is 266 g/mol.